The van der Waals surface area contributed by atoms with E-state index in [1.165, 1.54) is 89.9 Å². The van der Waals surface area contributed by atoms with Crippen molar-refractivity contribution in [3.8, 4) is 45.5 Å². The maximum absolute atomic E-state index is 6.57. The third-order valence-corrected chi connectivity index (χ3v) is 8.80. The molecule has 0 saturated heterocycles. The first-order chi connectivity index (χ1) is 22.7. The molecule has 0 aliphatic carbocycles. The highest BCUT2D eigenvalue weighted by atomic mass is 35.5. The number of rotatable bonds is 23. The summed E-state index contributed by atoms with van der Waals surface area (Å²) in [5.41, 5.74) is 3.38. The normalized spacial score (nSPS) is 11.2. The van der Waals surface area contributed by atoms with Crippen molar-refractivity contribution in [2.24, 2.45) is 0 Å². The lowest BCUT2D eigenvalue weighted by molar-refractivity contribution is 0.304. The lowest BCUT2D eigenvalue weighted by Gasteiger charge is -2.09. The third kappa shape index (κ3) is 11.8. The van der Waals surface area contributed by atoms with Gasteiger partial charge < -0.3 is 13.9 Å². The van der Waals surface area contributed by atoms with Crippen LogP contribution in [0.15, 0.2) is 77.2 Å². The molecule has 4 nitrogen and oxygen atoms in total. The number of hydrogen-bond donors (Lipinski definition) is 0. The van der Waals surface area contributed by atoms with E-state index in [2.05, 4.69) is 26.0 Å². The van der Waals surface area contributed by atoms with Crippen molar-refractivity contribution in [3.05, 3.63) is 77.8 Å². The van der Waals surface area contributed by atoms with Crippen LogP contribution < -0.4 is 9.47 Å². The van der Waals surface area contributed by atoms with E-state index in [-0.39, 0.29) is 0 Å². The van der Waals surface area contributed by atoms with E-state index in [1.807, 2.05) is 60.7 Å². The Kier molecular flexibility index (Phi) is 16.1. The van der Waals surface area contributed by atoms with Crippen LogP contribution in [-0.4, -0.2) is 18.2 Å². The molecule has 248 valence electrons. The molecule has 0 aliphatic rings. The summed E-state index contributed by atoms with van der Waals surface area (Å²) in [5.74, 6) is 2.86. The summed E-state index contributed by atoms with van der Waals surface area (Å²) in [6.07, 6.45) is 20.5. The van der Waals surface area contributed by atoms with Crippen molar-refractivity contribution in [3.63, 3.8) is 0 Å². The molecular weight excluding hydrogens is 590 g/mol. The van der Waals surface area contributed by atoms with Crippen LogP contribution in [0.5, 0.6) is 11.5 Å². The Hall–Kier alpha value is -3.24. The fraction of sp³-hybridized carbons (Fsp3) is 0.488. The Morgan fingerprint density at radius 1 is 0.565 bits per heavy atom. The van der Waals surface area contributed by atoms with E-state index in [4.69, 9.17) is 30.5 Å². The van der Waals surface area contributed by atoms with Gasteiger partial charge in [-0.3, -0.25) is 0 Å². The molecule has 0 fully saturated rings. The number of unbranched alkanes of at least 4 members (excludes halogenated alkanes) is 14. The maximum atomic E-state index is 6.57. The number of hydrogen-bond acceptors (Lipinski definition) is 4. The first-order valence-electron chi connectivity index (χ1n) is 17.9. The van der Waals surface area contributed by atoms with Crippen LogP contribution in [0.25, 0.3) is 34.0 Å². The van der Waals surface area contributed by atoms with Crippen molar-refractivity contribution in [2.75, 3.05) is 13.2 Å². The van der Waals surface area contributed by atoms with Gasteiger partial charge in [-0.05, 0) is 49.2 Å². The summed E-state index contributed by atoms with van der Waals surface area (Å²) in [4.78, 5) is 4.99. The molecule has 0 amide bonds. The van der Waals surface area contributed by atoms with Gasteiger partial charge in [0.25, 0.3) is 0 Å². The molecule has 0 N–H and O–H groups in total. The van der Waals surface area contributed by atoms with Crippen LogP contribution in [0.1, 0.15) is 117 Å². The largest absolute Gasteiger partial charge is 0.494 e. The molecule has 3 aromatic carbocycles. The van der Waals surface area contributed by atoms with Gasteiger partial charge in [-0.15, -0.1) is 0 Å². The van der Waals surface area contributed by atoms with E-state index in [9.17, 15) is 0 Å². The number of nitrogens with zero attached hydrogens (tertiary/aromatic N) is 1. The van der Waals surface area contributed by atoms with Crippen LogP contribution in [0.3, 0.4) is 0 Å². The predicted molar refractivity (Wildman–Crippen MR) is 194 cm³/mol. The molecular formula is C41H54ClNO3. The molecule has 0 spiro atoms. The molecule has 4 rings (SSSR count). The highest BCUT2D eigenvalue weighted by molar-refractivity contribution is 6.33. The zero-order chi connectivity index (χ0) is 32.2. The van der Waals surface area contributed by atoms with Crippen molar-refractivity contribution in [1.82, 2.24) is 4.98 Å². The molecule has 1 heterocycles. The van der Waals surface area contributed by atoms with Crippen molar-refractivity contribution < 1.29 is 13.9 Å². The first kappa shape index (κ1) is 35.6. The zero-order valence-corrected chi connectivity index (χ0v) is 29.0. The van der Waals surface area contributed by atoms with Gasteiger partial charge in [-0.25, -0.2) is 4.98 Å². The molecule has 46 heavy (non-hydrogen) atoms. The van der Waals surface area contributed by atoms with Gasteiger partial charge in [0.05, 0.1) is 23.8 Å². The van der Waals surface area contributed by atoms with Crippen LogP contribution in [0.4, 0.5) is 0 Å². The average molecular weight is 644 g/mol. The molecule has 0 bridgehead atoms. The highest BCUT2D eigenvalue weighted by Gasteiger charge is 2.20. The number of ether oxygens (including phenoxy) is 2. The summed E-state index contributed by atoms with van der Waals surface area (Å²) < 4.78 is 18.9. The molecule has 1 aromatic heterocycles. The zero-order valence-electron chi connectivity index (χ0n) is 28.2. The minimum atomic E-state index is 0.492. The van der Waals surface area contributed by atoms with E-state index >= 15 is 0 Å². The summed E-state index contributed by atoms with van der Waals surface area (Å²) in [6, 6.07) is 23.9. The van der Waals surface area contributed by atoms with Crippen LogP contribution in [0, 0.1) is 0 Å². The predicted octanol–water partition coefficient (Wildman–Crippen LogP) is 13.4. The summed E-state index contributed by atoms with van der Waals surface area (Å²) >= 11 is 6.57. The van der Waals surface area contributed by atoms with Gasteiger partial charge in [-0.1, -0.05) is 152 Å². The minimum Gasteiger partial charge on any atom is -0.494 e. The topological polar surface area (TPSA) is 44.5 Å². The fourth-order valence-electron chi connectivity index (χ4n) is 5.77. The second kappa shape index (κ2) is 20.8. The Morgan fingerprint density at radius 2 is 1.07 bits per heavy atom. The highest BCUT2D eigenvalue weighted by Crippen LogP contribution is 2.39. The van der Waals surface area contributed by atoms with E-state index in [0.29, 0.717) is 29.9 Å². The monoisotopic (exact) mass is 643 g/mol. The molecule has 0 aliphatic heterocycles. The summed E-state index contributed by atoms with van der Waals surface area (Å²) in [5, 5.41) is 0.603. The number of aromatic nitrogens is 1. The fourth-order valence-corrected chi connectivity index (χ4v) is 5.99. The van der Waals surface area contributed by atoms with Gasteiger partial charge in [0, 0.05) is 11.1 Å². The van der Waals surface area contributed by atoms with Crippen molar-refractivity contribution in [2.45, 2.75) is 117 Å². The Morgan fingerprint density at radius 3 is 1.63 bits per heavy atom. The van der Waals surface area contributed by atoms with E-state index < -0.39 is 0 Å². The second-order valence-electron chi connectivity index (χ2n) is 12.4. The number of halogens is 1. The standard InChI is InChI=1S/C41H54ClNO3/c1-3-5-7-9-11-13-15-19-29-44-35-25-21-23-33(31-35)39-40(46-41(43-39)37-27-17-18-28-38(37)42)34-24-22-26-36(32-34)45-30-20-16-14-12-10-8-6-4-2/h17-18,21-28,31-32H,3-16,19-20,29-30H2,1-2H3. The number of benzene rings is 3. The second-order valence-corrected chi connectivity index (χ2v) is 12.8. The molecule has 0 atom stereocenters. The lowest BCUT2D eigenvalue weighted by Crippen LogP contribution is -1.98. The maximum Gasteiger partial charge on any atom is 0.228 e. The van der Waals surface area contributed by atoms with Gasteiger partial charge in [0.1, 0.15) is 17.2 Å². The Labute approximate surface area is 282 Å². The Bertz CT molecular complexity index is 1330. The van der Waals surface area contributed by atoms with Gasteiger partial charge in [0.15, 0.2) is 5.76 Å². The third-order valence-electron chi connectivity index (χ3n) is 8.47. The van der Waals surface area contributed by atoms with Gasteiger partial charge in [-0.2, -0.15) is 0 Å². The molecule has 0 radical (unpaired) electrons. The molecule has 5 heteroatoms. The molecule has 0 saturated carbocycles. The summed E-state index contributed by atoms with van der Waals surface area (Å²) in [7, 11) is 0. The Balaban J connectivity index is 1.43. The quantitative estimate of drug-likeness (QED) is 0.0754. The van der Waals surface area contributed by atoms with Crippen LogP contribution in [-0.2, 0) is 0 Å². The van der Waals surface area contributed by atoms with Crippen LogP contribution in [0.2, 0.25) is 5.02 Å². The minimum absolute atomic E-state index is 0.492. The first-order valence-corrected chi connectivity index (χ1v) is 18.3. The van der Waals surface area contributed by atoms with Gasteiger partial charge >= 0.3 is 0 Å². The van der Waals surface area contributed by atoms with Crippen molar-refractivity contribution >= 4 is 11.6 Å². The van der Waals surface area contributed by atoms with Crippen LogP contribution >= 0.6 is 11.6 Å². The lowest BCUT2D eigenvalue weighted by atomic mass is 10.1. The average Bonchev–Trinajstić information content (AvgIpc) is 3.53. The van der Waals surface area contributed by atoms with Crippen molar-refractivity contribution in [1.29, 1.82) is 0 Å². The number of oxazole rings is 1. The molecule has 4 aromatic rings. The van der Waals surface area contributed by atoms with E-state index in [0.717, 1.165) is 46.7 Å². The van der Waals surface area contributed by atoms with E-state index in [1.54, 1.807) is 0 Å². The summed E-state index contributed by atoms with van der Waals surface area (Å²) in [6.45, 7) is 5.96. The van der Waals surface area contributed by atoms with Gasteiger partial charge in [0.2, 0.25) is 5.89 Å². The molecule has 0 unspecified atom stereocenters. The SMILES string of the molecule is CCCCCCCCCCOc1cccc(-c2nc(-c3ccccc3Cl)oc2-c2cccc(OCCCCCCCCCC)c2)c1. The smallest absolute Gasteiger partial charge is 0.228 e.